The summed E-state index contributed by atoms with van der Waals surface area (Å²) in [6.45, 7) is 0. The number of nitrogens with one attached hydrogen (secondary N) is 1. The van der Waals surface area contributed by atoms with Crippen molar-refractivity contribution in [1.29, 1.82) is 0 Å². The topological polar surface area (TPSA) is 102 Å². The molecule has 0 bridgehead atoms. The number of nitrogen functional groups attached to an aromatic ring is 1. The normalized spacial score (nSPS) is 10.5. The van der Waals surface area contributed by atoms with E-state index < -0.39 is 28.2 Å². The molecule has 0 saturated heterocycles. The Labute approximate surface area is 75.5 Å². The first-order valence-corrected chi connectivity index (χ1v) is 3.38. The van der Waals surface area contributed by atoms with Crippen LogP contribution >= 0.6 is 0 Å². The summed E-state index contributed by atoms with van der Waals surface area (Å²) in [5, 5.41) is 10.3. The monoisotopic (exact) mass is 205 g/mol. The summed E-state index contributed by atoms with van der Waals surface area (Å²) in [5.74, 6) is -0.328. The van der Waals surface area contributed by atoms with Crippen LogP contribution in [-0.4, -0.2) is 9.91 Å². The highest BCUT2D eigenvalue weighted by Crippen LogP contribution is 2.25. The molecule has 0 aliphatic rings. The van der Waals surface area contributed by atoms with Gasteiger partial charge in [-0.3, -0.25) is 14.9 Å². The third kappa shape index (κ3) is 1.68. The van der Waals surface area contributed by atoms with E-state index in [-0.39, 0.29) is 5.82 Å². The van der Waals surface area contributed by atoms with E-state index in [9.17, 15) is 23.7 Å². The smallest absolute Gasteiger partial charge is 0.287 e. The summed E-state index contributed by atoms with van der Waals surface area (Å²) in [7, 11) is 0. The predicted molar refractivity (Wildman–Crippen MR) is 43.1 cm³/mol. The summed E-state index contributed by atoms with van der Waals surface area (Å²) in [4.78, 5) is 22.0. The lowest BCUT2D eigenvalue weighted by Gasteiger charge is -2.01. The first kappa shape index (κ1) is 10.1. The molecule has 0 atom stereocenters. The molecule has 0 fully saturated rings. The van der Waals surface area contributed by atoms with Gasteiger partial charge in [-0.25, -0.2) is 8.78 Å². The Morgan fingerprint density at radius 3 is 2.57 bits per heavy atom. The van der Waals surface area contributed by atoms with E-state index in [0.717, 1.165) is 0 Å². The average Bonchev–Trinajstić information content (AvgIpc) is 2.01. The summed E-state index contributed by atoms with van der Waals surface area (Å²) < 4.78 is 24.4. The van der Waals surface area contributed by atoms with E-state index >= 15 is 0 Å². The number of aromatic amines is 1. The molecule has 0 spiro atoms. The molecule has 1 heterocycles. The van der Waals surface area contributed by atoms with E-state index in [2.05, 4.69) is 0 Å². The number of aromatic nitrogens is 1. The second-order valence-electron chi connectivity index (χ2n) is 2.41. The quantitative estimate of drug-likeness (QED) is 0.550. The van der Waals surface area contributed by atoms with Crippen molar-refractivity contribution in [3.63, 3.8) is 0 Å². The van der Waals surface area contributed by atoms with Gasteiger partial charge in [0.2, 0.25) is 0 Å². The lowest BCUT2D eigenvalue weighted by molar-refractivity contribution is -0.386. The van der Waals surface area contributed by atoms with Crippen LogP contribution in [0.2, 0.25) is 0 Å². The highest BCUT2D eigenvalue weighted by molar-refractivity contribution is 5.47. The lowest BCUT2D eigenvalue weighted by atomic mass is 10.2. The van der Waals surface area contributed by atoms with Crippen molar-refractivity contribution in [3.05, 3.63) is 32.1 Å². The van der Waals surface area contributed by atoms with Gasteiger partial charge in [0.1, 0.15) is 5.82 Å². The molecule has 8 heteroatoms. The Bertz CT molecular complexity index is 429. The van der Waals surface area contributed by atoms with Gasteiger partial charge in [0.15, 0.2) is 5.56 Å². The fourth-order valence-electron chi connectivity index (χ4n) is 0.938. The molecule has 1 aromatic heterocycles. The third-order valence-electron chi connectivity index (χ3n) is 1.49. The van der Waals surface area contributed by atoms with Crippen molar-refractivity contribution in [2.24, 2.45) is 0 Å². The Hall–Kier alpha value is -1.99. The number of hydrogen-bond acceptors (Lipinski definition) is 4. The number of rotatable bonds is 2. The molecule has 0 aliphatic heterocycles. The molecule has 0 saturated carbocycles. The van der Waals surface area contributed by atoms with Crippen molar-refractivity contribution in [2.75, 3.05) is 5.73 Å². The molecule has 0 amide bonds. The summed E-state index contributed by atoms with van der Waals surface area (Å²) >= 11 is 0. The molecule has 1 rings (SSSR count). The van der Waals surface area contributed by atoms with Crippen LogP contribution in [0.5, 0.6) is 0 Å². The number of nitrogens with zero attached hydrogens (tertiary/aromatic N) is 1. The maximum Gasteiger partial charge on any atom is 0.287 e. The SMILES string of the molecule is Nc1cc([N+](=O)[O-])c(C(F)F)c(=O)[nH]1. The largest absolute Gasteiger partial charge is 0.385 e. The molecule has 0 radical (unpaired) electrons. The highest BCUT2D eigenvalue weighted by atomic mass is 19.3. The number of anilines is 1. The van der Waals surface area contributed by atoms with Gasteiger partial charge >= 0.3 is 0 Å². The standard InChI is InChI=1S/C6H5F2N3O3/c7-5(8)4-2(11(13)14)1-3(9)10-6(4)12/h1,5H,(H3,9,10,12). The van der Waals surface area contributed by atoms with Gasteiger partial charge in [-0.1, -0.05) is 0 Å². The van der Waals surface area contributed by atoms with Crippen molar-refractivity contribution < 1.29 is 13.7 Å². The Morgan fingerprint density at radius 1 is 1.57 bits per heavy atom. The summed E-state index contributed by atoms with van der Waals surface area (Å²) in [6, 6.07) is 0.683. The Morgan fingerprint density at radius 2 is 2.14 bits per heavy atom. The molecular formula is C6H5F2N3O3. The lowest BCUT2D eigenvalue weighted by Crippen LogP contribution is -2.17. The number of halogens is 2. The van der Waals surface area contributed by atoms with Crippen molar-refractivity contribution in [3.8, 4) is 0 Å². The zero-order chi connectivity index (χ0) is 10.9. The van der Waals surface area contributed by atoms with Crippen molar-refractivity contribution >= 4 is 11.5 Å². The molecule has 6 nitrogen and oxygen atoms in total. The van der Waals surface area contributed by atoms with Gasteiger partial charge in [0.25, 0.3) is 17.7 Å². The molecule has 76 valence electrons. The van der Waals surface area contributed by atoms with Crippen LogP contribution < -0.4 is 11.3 Å². The van der Waals surface area contributed by atoms with Crippen LogP contribution in [0.15, 0.2) is 10.9 Å². The van der Waals surface area contributed by atoms with E-state index in [1.54, 1.807) is 0 Å². The van der Waals surface area contributed by atoms with Crippen molar-refractivity contribution in [1.82, 2.24) is 4.98 Å². The van der Waals surface area contributed by atoms with Gasteiger partial charge in [-0.05, 0) is 0 Å². The molecule has 0 aromatic carbocycles. The van der Waals surface area contributed by atoms with E-state index in [1.165, 1.54) is 0 Å². The minimum absolute atomic E-state index is 0.328. The van der Waals surface area contributed by atoms with E-state index in [1.807, 2.05) is 4.98 Å². The number of hydrogen-bond donors (Lipinski definition) is 2. The fraction of sp³-hybridized carbons (Fsp3) is 0.167. The second kappa shape index (κ2) is 3.40. The average molecular weight is 205 g/mol. The minimum Gasteiger partial charge on any atom is -0.385 e. The molecule has 0 unspecified atom stereocenters. The molecular weight excluding hydrogens is 200 g/mol. The first-order valence-electron chi connectivity index (χ1n) is 3.38. The maximum absolute atomic E-state index is 12.2. The second-order valence-corrected chi connectivity index (χ2v) is 2.41. The van der Waals surface area contributed by atoms with Crippen LogP contribution in [0, 0.1) is 10.1 Å². The van der Waals surface area contributed by atoms with Crippen LogP contribution in [-0.2, 0) is 0 Å². The Balaban J connectivity index is 3.53. The van der Waals surface area contributed by atoms with Gasteiger partial charge in [0, 0.05) is 0 Å². The zero-order valence-corrected chi connectivity index (χ0v) is 6.66. The number of nitrogens with two attached hydrogens (primary N) is 1. The van der Waals surface area contributed by atoms with Gasteiger partial charge in [-0.15, -0.1) is 0 Å². The maximum atomic E-state index is 12.2. The Kier molecular flexibility index (Phi) is 2.45. The van der Waals surface area contributed by atoms with E-state index in [0.29, 0.717) is 6.07 Å². The third-order valence-corrected chi connectivity index (χ3v) is 1.49. The van der Waals surface area contributed by atoms with Gasteiger partial charge in [-0.2, -0.15) is 0 Å². The predicted octanol–water partition coefficient (Wildman–Crippen LogP) is 0.803. The number of pyridine rings is 1. The van der Waals surface area contributed by atoms with E-state index in [4.69, 9.17) is 5.73 Å². The minimum atomic E-state index is -3.21. The van der Waals surface area contributed by atoms with Crippen LogP contribution in [0.1, 0.15) is 12.0 Å². The number of nitro groups is 1. The van der Waals surface area contributed by atoms with Crippen molar-refractivity contribution in [2.45, 2.75) is 6.43 Å². The van der Waals surface area contributed by atoms with Gasteiger partial charge in [0.05, 0.1) is 11.0 Å². The van der Waals surface area contributed by atoms with Gasteiger partial charge < -0.3 is 10.7 Å². The molecule has 1 aromatic rings. The van der Waals surface area contributed by atoms with Crippen LogP contribution in [0.3, 0.4) is 0 Å². The van der Waals surface area contributed by atoms with Crippen LogP contribution in [0.4, 0.5) is 20.3 Å². The number of alkyl halides is 2. The molecule has 14 heavy (non-hydrogen) atoms. The first-order chi connectivity index (χ1) is 6.43. The molecule has 3 N–H and O–H groups in total. The summed E-state index contributed by atoms with van der Waals surface area (Å²) in [5.41, 5.74) is 1.67. The zero-order valence-electron chi connectivity index (χ0n) is 6.66. The highest BCUT2D eigenvalue weighted by Gasteiger charge is 2.26. The fourth-order valence-corrected chi connectivity index (χ4v) is 0.938. The summed E-state index contributed by atoms with van der Waals surface area (Å²) in [6.07, 6.45) is -3.21. The molecule has 0 aliphatic carbocycles. The van der Waals surface area contributed by atoms with Crippen LogP contribution in [0.25, 0.3) is 0 Å². The number of H-pyrrole nitrogens is 1.